The van der Waals surface area contributed by atoms with E-state index in [9.17, 15) is 0 Å². The Hall–Kier alpha value is -0.890. The summed E-state index contributed by atoms with van der Waals surface area (Å²) in [5.41, 5.74) is 0.660. The highest BCUT2D eigenvalue weighted by atomic mass is 14.9. The minimum Gasteiger partial charge on any atom is -0.311 e. The van der Waals surface area contributed by atoms with Crippen LogP contribution >= 0.6 is 0 Å². The molecule has 2 N–H and O–H groups in total. The molecule has 0 fully saturated rings. The van der Waals surface area contributed by atoms with Gasteiger partial charge in [-0.05, 0) is 19.5 Å². The first-order valence-electron chi connectivity index (χ1n) is 3.43. The molecule has 2 heteroatoms. The molecule has 0 spiro atoms. The molecule has 0 aliphatic heterocycles. The van der Waals surface area contributed by atoms with Crippen LogP contribution < -0.4 is 5.32 Å². The molecule has 0 heterocycles. The lowest BCUT2D eigenvalue weighted by molar-refractivity contribution is 0.710. The Labute approximate surface area is 61.1 Å². The number of hydrogen-bond donors (Lipinski definition) is 2. The van der Waals surface area contributed by atoms with Crippen molar-refractivity contribution in [1.82, 2.24) is 5.32 Å². The molecule has 0 saturated heterocycles. The molecule has 2 nitrogen and oxygen atoms in total. The van der Waals surface area contributed by atoms with Gasteiger partial charge in [0.1, 0.15) is 0 Å². The van der Waals surface area contributed by atoms with E-state index < -0.39 is 0 Å². The molecular formula is C8H12N2. The van der Waals surface area contributed by atoms with E-state index in [0.717, 1.165) is 6.42 Å². The Bertz CT molecular complexity index is 180. The normalized spacial score (nSPS) is 24.9. The van der Waals surface area contributed by atoms with Gasteiger partial charge in [-0.1, -0.05) is 18.2 Å². The molecule has 1 rings (SSSR count). The SMILES string of the molecule is CNC1CC=CC=CC1=N. The van der Waals surface area contributed by atoms with Gasteiger partial charge in [-0.3, -0.25) is 0 Å². The second-order valence-electron chi connectivity index (χ2n) is 2.32. The molecule has 10 heavy (non-hydrogen) atoms. The van der Waals surface area contributed by atoms with E-state index in [-0.39, 0.29) is 6.04 Å². The molecule has 1 unspecified atom stereocenters. The summed E-state index contributed by atoms with van der Waals surface area (Å²) in [4.78, 5) is 0. The Morgan fingerprint density at radius 2 is 2.40 bits per heavy atom. The second kappa shape index (κ2) is 3.32. The molecule has 1 atom stereocenters. The summed E-state index contributed by atoms with van der Waals surface area (Å²) < 4.78 is 0. The van der Waals surface area contributed by atoms with Crippen LogP contribution in [0, 0.1) is 5.41 Å². The van der Waals surface area contributed by atoms with E-state index in [1.807, 2.05) is 25.3 Å². The van der Waals surface area contributed by atoms with Crippen LogP contribution in [0.15, 0.2) is 24.3 Å². The highest BCUT2D eigenvalue weighted by molar-refractivity contribution is 5.97. The van der Waals surface area contributed by atoms with Gasteiger partial charge < -0.3 is 10.7 Å². The quantitative estimate of drug-likeness (QED) is 0.556. The summed E-state index contributed by atoms with van der Waals surface area (Å²) >= 11 is 0. The molecule has 0 radical (unpaired) electrons. The van der Waals surface area contributed by atoms with E-state index in [2.05, 4.69) is 11.4 Å². The fraction of sp³-hybridized carbons (Fsp3) is 0.375. The maximum atomic E-state index is 7.50. The number of nitrogens with one attached hydrogen (secondary N) is 2. The molecule has 0 aromatic carbocycles. The monoisotopic (exact) mass is 136 g/mol. The molecule has 0 amide bonds. The van der Waals surface area contributed by atoms with E-state index in [1.54, 1.807) is 0 Å². The van der Waals surface area contributed by atoms with Gasteiger partial charge in [-0.25, -0.2) is 0 Å². The van der Waals surface area contributed by atoms with Gasteiger partial charge in [0.05, 0.1) is 6.04 Å². The zero-order chi connectivity index (χ0) is 7.40. The van der Waals surface area contributed by atoms with Crippen molar-refractivity contribution in [3.05, 3.63) is 24.3 Å². The van der Waals surface area contributed by atoms with Crippen LogP contribution in [0.1, 0.15) is 6.42 Å². The minimum absolute atomic E-state index is 0.204. The first-order chi connectivity index (χ1) is 4.84. The third-order valence-electron chi connectivity index (χ3n) is 1.62. The zero-order valence-electron chi connectivity index (χ0n) is 6.09. The van der Waals surface area contributed by atoms with E-state index in [0.29, 0.717) is 5.71 Å². The van der Waals surface area contributed by atoms with Gasteiger partial charge in [0.2, 0.25) is 0 Å². The highest BCUT2D eigenvalue weighted by Gasteiger charge is 2.07. The third-order valence-corrected chi connectivity index (χ3v) is 1.62. The molecule has 0 bridgehead atoms. The minimum atomic E-state index is 0.204. The maximum Gasteiger partial charge on any atom is 0.0520 e. The lowest BCUT2D eigenvalue weighted by Gasteiger charge is -2.10. The fourth-order valence-corrected chi connectivity index (χ4v) is 0.969. The van der Waals surface area contributed by atoms with Crippen molar-refractivity contribution in [2.24, 2.45) is 0 Å². The van der Waals surface area contributed by atoms with Crippen LogP contribution in [0.2, 0.25) is 0 Å². The van der Waals surface area contributed by atoms with Crippen molar-refractivity contribution in [2.75, 3.05) is 7.05 Å². The summed E-state index contributed by atoms with van der Waals surface area (Å²) in [5.74, 6) is 0. The number of rotatable bonds is 1. The number of allylic oxidation sites excluding steroid dienone is 2. The Balaban J connectivity index is 2.65. The average Bonchev–Trinajstić information content (AvgIpc) is 2.13. The number of hydrogen-bond acceptors (Lipinski definition) is 2. The predicted molar refractivity (Wildman–Crippen MR) is 43.5 cm³/mol. The summed E-state index contributed by atoms with van der Waals surface area (Å²) in [5, 5.41) is 10.6. The van der Waals surface area contributed by atoms with Gasteiger partial charge in [0.25, 0.3) is 0 Å². The lowest BCUT2D eigenvalue weighted by atomic mass is 10.1. The Morgan fingerprint density at radius 1 is 1.60 bits per heavy atom. The largest absolute Gasteiger partial charge is 0.311 e. The van der Waals surface area contributed by atoms with Gasteiger partial charge in [-0.2, -0.15) is 0 Å². The van der Waals surface area contributed by atoms with Crippen molar-refractivity contribution < 1.29 is 0 Å². The van der Waals surface area contributed by atoms with Gasteiger partial charge in [0.15, 0.2) is 0 Å². The highest BCUT2D eigenvalue weighted by Crippen LogP contribution is 2.01. The molecule has 0 saturated carbocycles. The topological polar surface area (TPSA) is 35.9 Å². The van der Waals surface area contributed by atoms with Crippen LogP contribution in [-0.2, 0) is 0 Å². The van der Waals surface area contributed by atoms with Crippen LogP contribution in [0.25, 0.3) is 0 Å². The third kappa shape index (κ3) is 1.54. The van der Waals surface area contributed by atoms with Crippen LogP contribution in [0.5, 0.6) is 0 Å². The Morgan fingerprint density at radius 3 is 3.10 bits per heavy atom. The molecular weight excluding hydrogens is 124 g/mol. The zero-order valence-corrected chi connectivity index (χ0v) is 6.09. The molecule has 54 valence electrons. The van der Waals surface area contributed by atoms with Crippen molar-refractivity contribution in [3.8, 4) is 0 Å². The summed E-state index contributed by atoms with van der Waals surface area (Å²) in [6.45, 7) is 0. The van der Waals surface area contributed by atoms with Crippen molar-refractivity contribution in [3.63, 3.8) is 0 Å². The Kier molecular flexibility index (Phi) is 2.40. The first-order valence-corrected chi connectivity index (χ1v) is 3.43. The molecule has 0 aromatic rings. The van der Waals surface area contributed by atoms with Gasteiger partial charge in [0, 0.05) is 5.71 Å². The van der Waals surface area contributed by atoms with E-state index >= 15 is 0 Å². The fourth-order valence-electron chi connectivity index (χ4n) is 0.969. The van der Waals surface area contributed by atoms with Crippen molar-refractivity contribution in [1.29, 1.82) is 5.41 Å². The van der Waals surface area contributed by atoms with Gasteiger partial charge in [-0.15, -0.1) is 0 Å². The average molecular weight is 136 g/mol. The van der Waals surface area contributed by atoms with Crippen LogP contribution in [0.3, 0.4) is 0 Å². The first kappa shape index (κ1) is 7.22. The standard InChI is InChI=1S/C8H12N2/c1-10-8-6-4-2-3-5-7(8)9/h2-5,8-10H,6H2,1H3. The molecule has 1 aliphatic carbocycles. The second-order valence-corrected chi connectivity index (χ2v) is 2.32. The smallest absolute Gasteiger partial charge is 0.0520 e. The van der Waals surface area contributed by atoms with Crippen LogP contribution in [0.4, 0.5) is 0 Å². The van der Waals surface area contributed by atoms with Crippen molar-refractivity contribution >= 4 is 5.71 Å². The van der Waals surface area contributed by atoms with Gasteiger partial charge >= 0.3 is 0 Å². The molecule has 0 aromatic heterocycles. The maximum absolute atomic E-state index is 7.50. The summed E-state index contributed by atoms with van der Waals surface area (Å²) in [7, 11) is 1.88. The van der Waals surface area contributed by atoms with E-state index in [4.69, 9.17) is 5.41 Å². The summed E-state index contributed by atoms with van der Waals surface area (Å²) in [6, 6.07) is 0.204. The molecule has 1 aliphatic rings. The lowest BCUT2D eigenvalue weighted by Crippen LogP contribution is -2.31. The van der Waals surface area contributed by atoms with Crippen LogP contribution in [-0.4, -0.2) is 18.8 Å². The summed E-state index contributed by atoms with van der Waals surface area (Å²) in [6.07, 6.45) is 8.69. The predicted octanol–water partition coefficient (Wildman–Crippen LogP) is 1.11. The van der Waals surface area contributed by atoms with Crippen molar-refractivity contribution in [2.45, 2.75) is 12.5 Å². The van der Waals surface area contributed by atoms with E-state index in [1.165, 1.54) is 0 Å².